The van der Waals surface area contributed by atoms with Crippen LogP contribution < -0.4 is 10.8 Å². The Kier molecular flexibility index (Phi) is 2.99. The van der Waals surface area contributed by atoms with E-state index in [4.69, 9.17) is 9.31 Å². The average Bonchev–Trinajstić information content (AvgIpc) is 3.11. The highest BCUT2D eigenvalue weighted by Gasteiger charge is 2.52. The van der Waals surface area contributed by atoms with Gasteiger partial charge >= 0.3 is 7.12 Å². The number of anilines is 1. The van der Waals surface area contributed by atoms with Gasteiger partial charge in [-0.2, -0.15) is 0 Å². The van der Waals surface area contributed by atoms with Crippen molar-refractivity contribution in [1.29, 1.82) is 0 Å². The summed E-state index contributed by atoms with van der Waals surface area (Å²) in [5.74, 6) is 0. The zero-order chi connectivity index (χ0) is 15.6. The molecule has 0 radical (unpaired) electrons. The number of hydrogen-bond donors (Lipinski definition) is 1. The van der Waals surface area contributed by atoms with Crippen molar-refractivity contribution >= 4 is 18.3 Å². The number of nitrogens with one attached hydrogen (secondary N) is 1. The van der Waals surface area contributed by atoms with Crippen LogP contribution in [-0.2, 0) is 14.7 Å². The van der Waals surface area contributed by atoms with Gasteiger partial charge in [0.15, 0.2) is 0 Å². The molecule has 1 aliphatic carbocycles. The van der Waals surface area contributed by atoms with Crippen molar-refractivity contribution in [2.24, 2.45) is 0 Å². The lowest BCUT2D eigenvalue weighted by atomic mass is 9.74. The Hall–Kier alpha value is -0.995. The molecule has 4 heteroatoms. The minimum absolute atomic E-state index is 0.255. The second kappa shape index (κ2) is 4.51. The first-order chi connectivity index (χ1) is 10.3. The van der Waals surface area contributed by atoms with Crippen molar-refractivity contribution in [3.63, 3.8) is 0 Å². The van der Waals surface area contributed by atoms with Crippen LogP contribution in [0.5, 0.6) is 0 Å². The van der Waals surface area contributed by atoms with Crippen molar-refractivity contribution < 1.29 is 9.31 Å². The van der Waals surface area contributed by atoms with Gasteiger partial charge < -0.3 is 14.6 Å². The topological polar surface area (TPSA) is 30.5 Å². The molecule has 2 fully saturated rings. The van der Waals surface area contributed by atoms with Crippen LogP contribution in [0, 0.1) is 0 Å². The lowest BCUT2D eigenvalue weighted by Crippen LogP contribution is -2.41. The number of fused-ring (bicyclic) bond motifs is 2. The highest BCUT2D eigenvalue weighted by Crippen LogP contribution is 2.47. The van der Waals surface area contributed by atoms with Crippen LogP contribution in [0.1, 0.15) is 58.9 Å². The summed E-state index contributed by atoms with van der Waals surface area (Å²) in [5, 5.41) is 3.60. The molecule has 1 saturated heterocycles. The van der Waals surface area contributed by atoms with Gasteiger partial charge in [-0.25, -0.2) is 0 Å². The van der Waals surface area contributed by atoms with Crippen molar-refractivity contribution in [2.75, 3.05) is 11.9 Å². The summed E-state index contributed by atoms with van der Waals surface area (Å²) in [6.07, 6.45) is 5.31. The van der Waals surface area contributed by atoms with Gasteiger partial charge in [0, 0.05) is 17.6 Å². The van der Waals surface area contributed by atoms with E-state index in [1.807, 2.05) is 0 Å². The maximum atomic E-state index is 6.22. The van der Waals surface area contributed by atoms with Crippen LogP contribution in [-0.4, -0.2) is 24.9 Å². The first kappa shape index (κ1) is 14.6. The van der Waals surface area contributed by atoms with Crippen LogP contribution in [0.3, 0.4) is 0 Å². The predicted octanol–water partition coefficient (Wildman–Crippen LogP) is 3.22. The lowest BCUT2D eigenvalue weighted by Gasteiger charge is -2.32. The molecule has 0 atom stereocenters. The Balaban J connectivity index is 1.68. The molecule has 4 rings (SSSR count). The summed E-state index contributed by atoms with van der Waals surface area (Å²) in [6.45, 7) is 9.54. The third-order valence-corrected chi connectivity index (χ3v) is 6.32. The fraction of sp³-hybridized carbons (Fsp3) is 0.667. The van der Waals surface area contributed by atoms with Crippen LogP contribution in [0.2, 0.25) is 0 Å². The normalized spacial score (nSPS) is 27.2. The van der Waals surface area contributed by atoms with Crippen LogP contribution in [0.25, 0.3) is 0 Å². The predicted molar refractivity (Wildman–Crippen MR) is 90.8 cm³/mol. The molecule has 1 N–H and O–H groups in total. The molecule has 0 amide bonds. The Morgan fingerprint density at radius 3 is 2.27 bits per heavy atom. The van der Waals surface area contributed by atoms with E-state index in [-0.39, 0.29) is 18.3 Å². The molecule has 1 aromatic carbocycles. The SMILES string of the molecule is CC1(C)OB(c2ccc3c(c2)C2(CCCC2)CN3)OC1(C)C. The standard InChI is InChI=1S/C18H26BNO2/c1-16(2)17(3,4)22-19(21-16)13-7-8-15-14(11-13)18(12-20-15)9-5-6-10-18/h7-8,11,20H,5-6,9-10,12H2,1-4H3. The molecule has 118 valence electrons. The molecule has 0 bridgehead atoms. The Labute approximate surface area is 133 Å². The third-order valence-electron chi connectivity index (χ3n) is 6.32. The summed E-state index contributed by atoms with van der Waals surface area (Å²) in [6, 6.07) is 6.70. The van der Waals surface area contributed by atoms with E-state index in [1.54, 1.807) is 0 Å². The monoisotopic (exact) mass is 299 g/mol. The molecular formula is C18H26BNO2. The molecule has 2 heterocycles. The fourth-order valence-corrected chi connectivity index (χ4v) is 4.14. The van der Waals surface area contributed by atoms with Crippen LogP contribution >= 0.6 is 0 Å². The summed E-state index contributed by atoms with van der Waals surface area (Å²) < 4.78 is 12.4. The Morgan fingerprint density at radius 1 is 1.00 bits per heavy atom. The van der Waals surface area contributed by atoms with Gasteiger partial charge in [0.2, 0.25) is 0 Å². The molecule has 0 aromatic heterocycles. The zero-order valence-corrected chi connectivity index (χ0v) is 14.2. The smallest absolute Gasteiger partial charge is 0.399 e. The van der Waals surface area contributed by atoms with Crippen molar-refractivity contribution in [3.8, 4) is 0 Å². The van der Waals surface area contributed by atoms with Gasteiger partial charge in [0.25, 0.3) is 0 Å². The van der Waals surface area contributed by atoms with Crippen molar-refractivity contribution in [3.05, 3.63) is 23.8 Å². The van der Waals surface area contributed by atoms with Gasteiger partial charge in [0.05, 0.1) is 11.2 Å². The van der Waals surface area contributed by atoms with E-state index in [0.717, 1.165) is 12.0 Å². The molecular weight excluding hydrogens is 273 g/mol. The Morgan fingerprint density at radius 2 is 1.64 bits per heavy atom. The third kappa shape index (κ3) is 1.96. The summed E-state index contributed by atoms with van der Waals surface area (Å²) in [7, 11) is -0.255. The second-order valence-corrected chi connectivity index (χ2v) is 8.23. The van der Waals surface area contributed by atoms with Crippen LogP contribution in [0.4, 0.5) is 5.69 Å². The van der Waals surface area contributed by atoms with Gasteiger partial charge in [0.1, 0.15) is 0 Å². The van der Waals surface area contributed by atoms with E-state index in [0.29, 0.717) is 5.41 Å². The molecule has 22 heavy (non-hydrogen) atoms. The largest absolute Gasteiger partial charge is 0.494 e. The fourth-order valence-electron chi connectivity index (χ4n) is 4.14. The first-order valence-corrected chi connectivity index (χ1v) is 8.57. The minimum atomic E-state index is -0.278. The quantitative estimate of drug-likeness (QED) is 0.808. The molecule has 3 nitrogen and oxygen atoms in total. The van der Waals surface area contributed by atoms with Crippen molar-refractivity contribution in [2.45, 2.75) is 70.0 Å². The van der Waals surface area contributed by atoms with Gasteiger partial charge in [-0.3, -0.25) is 0 Å². The van der Waals surface area contributed by atoms with E-state index in [2.05, 4.69) is 51.2 Å². The summed E-state index contributed by atoms with van der Waals surface area (Å²) in [4.78, 5) is 0. The minimum Gasteiger partial charge on any atom is -0.399 e. The van der Waals surface area contributed by atoms with E-state index in [9.17, 15) is 0 Å². The first-order valence-electron chi connectivity index (χ1n) is 8.57. The summed E-state index contributed by atoms with van der Waals surface area (Å²) in [5.41, 5.74) is 3.75. The lowest BCUT2D eigenvalue weighted by molar-refractivity contribution is 0.00578. The van der Waals surface area contributed by atoms with Gasteiger partial charge in [-0.05, 0) is 57.6 Å². The number of hydrogen-bond acceptors (Lipinski definition) is 3. The van der Waals surface area contributed by atoms with E-state index >= 15 is 0 Å². The molecule has 2 aliphatic heterocycles. The average molecular weight is 299 g/mol. The molecule has 3 aliphatic rings. The van der Waals surface area contributed by atoms with E-state index in [1.165, 1.54) is 36.9 Å². The molecule has 0 unspecified atom stereocenters. The maximum Gasteiger partial charge on any atom is 0.494 e. The highest BCUT2D eigenvalue weighted by atomic mass is 16.7. The second-order valence-electron chi connectivity index (χ2n) is 8.23. The molecule has 1 spiro atoms. The van der Waals surface area contributed by atoms with Gasteiger partial charge in [-0.15, -0.1) is 0 Å². The van der Waals surface area contributed by atoms with Crippen LogP contribution in [0.15, 0.2) is 18.2 Å². The zero-order valence-electron chi connectivity index (χ0n) is 14.2. The van der Waals surface area contributed by atoms with Crippen molar-refractivity contribution in [1.82, 2.24) is 0 Å². The highest BCUT2D eigenvalue weighted by molar-refractivity contribution is 6.62. The molecule has 1 aromatic rings. The molecule has 1 saturated carbocycles. The number of rotatable bonds is 1. The maximum absolute atomic E-state index is 6.22. The van der Waals surface area contributed by atoms with Gasteiger partial charge in [-0.1, -0.05) is 25.0 Å². The number of benzene rings is 1. The summed E-state index contributed by atoms with van der Waals surface area (Å²) >= 11 is 0. The van der Waals surface area contributed by atoms with E-state index < -0.39 is 0 Å². The Bertz CT molecular complexity index is 589.